The van der Waals surface area contributed by atoms with Gasteiger partial charge in [0.05, 0.1) is 24.6 Å². The van der Waals surface area contributed by atoms with Crippen LogP contribution >= 0.6 is 0 Å². The summed E-state index contributed by atoms with van der Waals surface area (Å²) >= 11 is 0. The lowest BCUT2D eigenvalue weighted by Gasteiger charge is -2.28. The minimum atomic E-state index is -0.619. The number of ether oxygens (including phenoxy) is 2. The number of carbonyl (C=O) groups excluding carboxylic acids is 2. The van der Waals surface area contributed by atoms with Crippen LogP contribution in [0.2, 0.25) is 0 Å². The molecule has 0 saturated carbocycles. The number of amides is 2. The number of hydrogen-bond acceptors (Lipinski definition) is 4. The van der Waals surface area contributed by atoms with Crippen LogP contribution < -0.4 is 19.7 Å². The fraction of sp³-hybridized carbons (Fsp3) is 0.440. The van der Waals surface area contributed by atoms with Crippen molar-refractivity contribution in [3.05, 3.63) is 48.0 Å². The van der Waals surface area contributed by atoms with Gasteiger partial charge >= 0.3 is 0 Å². The molecule has 1 aliphatic rings. The van der Waals surface area contributed by atoms with Crippen LogP contribution in [-0.4, -0.2) is 32.1 Å². The molecule has 6 nitrogen and oxygen atoms in total. The molecule has 0 bridgehead atoms. The van der Waals surface area contributed by atoms with Gasteiger partial charge in [0.1, 0.15) is 18.1 Å². The van der Waals surface area contributed by atoms with Gasteiger partial charge in [-0.05, 0) is 56.0 Å². The number of anilines is 2. The second-order valence-electron chi connectivity index (χ2n) is 9.07. The zero-order valence-electron chi connectivity index (χ0n) is 19.0. The summed E-state index contributed by atoms with van der Waals surface area (Å²) in [7, 11) is 1.60. The molecule has 31 heavy (non-hydrogen) atoms. The average molecular weight is 425 g/mol. The number of nitrogens with zero attached hydrogens (tertiary/aromatic N) is 1. The number of rotatable bonds is 7. The van der Waals surface area contributed by atoms with E-state index >= 15 is 0 Å². The summed E-state index contributed by atoms with van der Waals surface area (Å²) in [6.07, 6.45) is 1.14. The van der Waals surface area contributed by atoms with Crippen LogP contribution in [0.25, 0.3) is 0 Å². The Hall–Kier alpha value is -3.02. The second-order valence-corrected chi connectivity index (χ2v) is 9.07. The molecular formula is C25H32N2O4. The smallest absolute Gasteiger partial charge is 0.236 e. The van der Waals surface area contributed by atoms with Gasteiger partial charge in [-0.25, -0.2) is 0 Å². The van der Waals surface area contributed by atoms with Gasteiger partial charge in [-0.3, -0.25) is 9.59 Å². The first-order chi connectivity index (χ1) is 14.7. The summed E-state index contributed by atoms with van der Waals surface area (Å²) in [6.45, 7) is 9.02. The molecule has 0 radical (unpaired) electrons. The Kier molecular flexibility index (Phi) is 6.88. The summed E-state index contributed by atoms with van der Waals surface area (Å²) in [5, 5.41) is 2.93. The summed E-state index contributed by atoms with van der Waals surface area (Å²) in [5.74, 6) is 1.75. The van der Waals surface area contributed by atoms with E-state index in [1.807, 2.05) is 55.1 Å². The van der Waals surface area contributed by atoms with Crippen LogP contribution in [0.4, 0.5) is 11.4 Å². The number of methoxy groups -OCH3 is 1. The molecule has 3 rings (SSSR count). The molecule has 0 aliphatic carbocycles. The molecule has 2 aromatic carbocycles. The fourth-order valence-electron chi connectivity index (χ4n) is 3.51. The van der Waals surface area contributed by atoms with E-state index in [0.29, 0.717) is 23.9 Å². The zero-order chi connectivity index (χ0) is 22.6. The Balaban J connectivity index is 1.79. The highest BCUT2D eigenvalue weighted by Crippen LogP contribution is 2.38. The van der Waals surface area contributed by atoms with Crippen molar-refractivity contribution in [3.8, 4) is 11.5 Å². The summed E-state index contributed by atoms with van der Waals surface area (Å²) in [6, 6.07) is 12.9. The molecule has 0 unspecified atom stereocenters. The molecule has 166 valence electrons. The molecule has 0 spiro atoms. The van der Waals surface area contributed by atoms with Crippen molar-refractivity contribution in [1.29, 1.82) is 0 Å². The van der Waals surface area contributed by atoms with Crippen LogP contribution in [0.5, 0.6) is 11.5 Å². The number of hydrogen-bond donors (Lipinski definition) is 1. The molecule has 2 aromatic rings. The lowest BCUT2D eigenvalue weighted by atomic mass is 9.92. The van der Waals surface area contributed by atoms with Crippen molar-refractivity contribution in [2.45, 2.75) is 40.5 Å². The van der Waals surface area contributed by atoms with Crippen LogP contribution in [0.1, 0.15) is 39.7 Å². The predicted octanol–water partition coefficient (Wildman–Crippen LogP) is 4.67. The largest absolute Gasteiger partial charge is 0.497 e. The molecule has 0 fully saturated rings. The molecule has 1 N–H and O–H groups in total. The number of benzene rings is 2. The quantitative estimate of drug-likeness (QED) is 0.701. The van der Waals surface area contributed by atoms with Gasteiger partial charge in [0.25, 0.3) is 0 Å². The van der Waals surface area contributed by atoms with Gasteiger partial charge in [-0.15, -0.1) is 0 Å². The minimum Gasteiger partial charge on any atom is -0.497 e. The van der Waals surface area contributed by atoms with Crippen molar-refractivity contribution < 1.29 is 19.1 Å². The van der Waals surface area contributed by atoms with Crippen LogP contribution in [-0.2, 0) is 16.0 Å². The average Bonchev–Trinajstić information content (AvgIpc) is 2.81. The topological polar surface area (TPSA) is 67.9 Å². The molecule has 0 saturated heterocycles. The molecule has 0 atom stereocenters. The summed E-state index contributed by atoms with van der Waals surface area (Å²) in [4.78, 5) is 27.5. The second kappa shape index (κ2) is 9.41. The highest BCUT2D eigenvalue weighted by Gasteiger charge is 2.37. The van der Waals surface area contributed by atoms with Gasteiger partial charge in [-0.2, -0.15) is 0 Å². The van der Waals surface area contributed by atoms with Crippen molar-refractivity contribution >= 4 is 23.2 Å². The highest BCUT2D eigenvalue weighted by molar-refractivity contribution is 6.00. The number of carbonyl (C=O) groups is 2. The Morgan fingerprint density at radius 2 is 2.00 bits per heavy atom. The number of fused-ring (bicyclic) bond motifs is 1. The normalized spacial score (nSPS) is 15.2. The van der Waals surface area contributed by atoms with E-state index in [1.165, 1.54) is 0 Å². The standard InChI is InChI=1S/C25H32N2O4/c1-17(2)11-12-27-21-10-9-19(15-22(21)31-16-25(3,4)24(27)29)26-23(28)14-18-7-6-8-20(13-18)30-5/h6-10,13,15,17H,11-12,14,16H2,1-5H3,(H,26,28). The van der Waals surface area contributed by atoms with Gasteiger partial charge in [0, 0.05) is 18.3 Å². The Labute approximate surface area is 184 Å². The van der Waals surface area contributed by atoms with E-state index in [9.17, 15) is 9.59 Å². The van der Waals surface area contributed by atoms with Crippen LogP contribution in [0.15, 0.2) is 42.5 Å². The van der Waals surface area contributed by atoms with Crippen molar-refractivity contribution in [3.63, 3.8) is 0 Å². The lowest BCUT2D eigenvalue weighted by Crippen LogP contribution is -2.42. The number of nitrogens with one attached hydrogen (secondary N) is 1. The fourth-order valence-corrected chi connectivity index (χ4v) is 3.51. The van der Waals surface area contributed by atoms with Gasteiger partial charge in [0.2, 0.25) is 11.8 Å². The predicted molar refractivity (Wildman–Crippen MR) is 123 cm³/mol. The van der Waals surface area contributed by atoms with E-state index in [-0.39, 0.29) is 24.8 Å². The molecule has 0 aromatic heterocycles. The minimum absolute atomic E-state index is 0.0571. The van der Waals surface area contributed by atoms with Gasteiger partial charge in [-0.1, -0.05) is 26.0 Å². The molecule has 6 heteroatoms. The van der Waals surface area contributed by atoms with Crippen LogP contribution in [0.3, 0.4) is 0 Å². The third-order valence-corrected chi connectivity index (χ3v) is 5.38. The third-order valence-electron chi connectivity index (χ3n) is 5.38. The van der Waals surface area contributed by atoms with E-state index in [2.05, 4.69) is 19.2 Å². The first-order valence-electron chi connectivity index (χ1n) is 10.7. The molecule has 1 aliphatic heterocycles. The van der Waals surface area contributed by atoms with E-state index in [4.69, 9.17) is 9.47 Å². The van der Waals surface area contributed by atoms with E-state index < -0.39 is 5.41 Å². The first kappa shape index (κ1) is 22.7. The highest BCUT2D eigenvalue weighted by atomic mass is 16.5. The Morgan fingerprint density at radius 1 is 1.23 bits per heavy atom. The molecule has 2 amide bonds. The summed E-state index contributed by atoms with van der Waals surface area (Å²) in [5.41, 5.74) is 1.64. The third kappa shape index (κ3) is 5.57. The Morgan fingerprint density at radius 3 is 2.71 bits per heavy atom. The van der Waals surface area contributed by atoms with E-state index in [1.54, 1.807) is 13.2 Å². The maximum absolute atomic E-state index is 13.1. The maximum Gasteiger partial charge on any atom is 0.236 e. The summed E-state index contributed by atoms with van der Waals surface area (Å²) < 4.78 is 11.2. The maximum atomic E-state index is 13.1. The van der Waals surface area contributed by atoms with Gasteiger partial charge in [0.15, 0.2) is 0 Å². The van der Waals surface area contributed by atoms with E-state index in [0.717, 1.165) is 23.4 Å². The van der Waals surface area contributed by atoms with Gasteiger partial charge < -0.3 is 19.7 Å². The lowest BCUT2D eigenvalue weighted by molar-refractivity contribution is -0.127. The monoisotopic (exact) mass is 424 g/mol. The molecule has 1 heterocycles. The zero-order valence-corrected chi connectivity index (χ0v) is 19.0. The van der Waals surface area contributed by atoms with Crippen LogP contribution in [0, 0.1) is 11.3 Å². The van der Waals surface area contributed by atoms with Crippen molar-refractivity contribution in [2.24, 2.45) is 11.3 Å². The SMILES string of the molecule is COc1cccc(CC(=O)Nc2ccc3c(c2)OCC(C)(C)C(=O)N3CCC(C)C)c1. The first-order valence-corrected chi connectivity index (χ1v) is 10.7. The molecular weight excluding hydrogens is 392 g/mol. The Bertz CT molecular complexity index is 952. The van der Waals surface area contributed by atoms with Crippen molar-refractivity contribution in [2.75, 3.05) is 30.5 Å². The van der Waals surface area contributed by atoms with Crippen molar-refractivity contribution in [1.82, 2.24) is 0 Å².